The molecule has 2 aliphatic heterocycles. The van der Waals surface area contributed by atoms with Crippen LogP contribution in [0.2, 0.25) is 0 Å². The van der Waals surface area contributed by atoms with Gasteiger partial charge in [-0.15, -0.1) is 10.2 Å². The highest BCUT2D eigenvalue weighted by Gasteiger charge is 2.45. The quantitative estimate of drug-likeness (QED) is 0.0514. The highest BCUT2D eigenvalue weighted by molar-refractivity contribution is 7.91. The maximum atomic E-state index is 13.8. The molecule has 1 amide bonds. The molecular formula is C40H51N7O14S6. The van der Waals surface area contributed by atoms with Crippen LogP contribution >= 0.6 is 11.3 Å². The van der Waals surface area contributed by atoms with E-state index >= 15 is 0 Å². The van der Waals surface area contributed by atoms with Crippen LogP contribution in [-0.4, -0.2) is 125 Å². The van der Waals surface area contributed by atoms with Crippen molar-refractivity contribution in [3.8, 4) is 0 Å². The summed E-state index contributed by atoms with van der Waals surface area (Å²) in [4.78, 5) is 14.0. The minimum absolute atomic E-state index is 0.0151. The maximum Gasteiger partial charge on any atom is 0.294 e. The molecule has 3 heterocycles. The summed E-state index contributed by atoms with van der Waals surface area (Å²) in [6, 6.07) is 8.72. The number of nitrogens with one attached hydrogen (secondary N) is 1. The summed E-state index contributed by atoms with van der Waals surface area (Å²) in [5.41, 5.74) is 2.14. The first-order valence-electron chi connectivity index (χ1n) is 20.3. The number of hydrogen-bond acceptors (Lipinski definition) is 16. The third-order valence-corrected chi connectivity index (χ3v) is 17.5. The van der Waals surface area contributed by atoms with Crippen molar-refractivity contribution in [1.82, 2.24) is 14.5 Å². The number of nitrogens with two attached hydrogens (primary N) is 1. The fraction of sp³-hybridized carbons (Fsp3) is 0.400. The molecule has 0 radical (unpaired) electrons. The molecule has 0 unspecified atom stereocenters. The van der Waals surface area contributed by atoms with E-state index in [-0.39, 0.29) is 60.2 Å². The molecule has 0 spiro atoms. The van der Waals surface area contributed by atoms with Crippen LogP contribution in [0.5, 0.6) is 0 Å². The molecule has 5 N–H and O–H groups in total. The van der Waals surface area contributed by atoms with E-state index in [0.717, 1.165) is 4.31 Å². The molecule has 2 aliphatic rings. The summed E-state index contributed by atoms with van der Waals surface area (Å²) in [6.07, 6.45) is 12.2. The summed E-state index contributed by atoms with van der Waals surface area (Å²) >= 11 is 0.570. The van der Waals surface area contributed by atoms with E-state index in [1.807, 2.05) is 37.2 Å². The number of rotatable bonds is 21. The zero-order valence-corrected chi connectivity index (χ0v) is 41.8. The Morgan fingerprint density at radius 3 is 2.12 bits per heavy atom. The Labute approximate surface area is 394 Å². The molecule has 1 aromatic heterocycles. The lowest BCUT2D eigenvalue weighted by atomic mass is 9.81. The number of amides is 1. The lowest BCUT2D eigenvalue weighted by molar-refractivity contribution is -0.437. The largest absolute Gasteiger partial charge is 0.748 e. The molecule has 0 saturated carbocycles. The first-order valence-corrected chi connectivity index (χ1v) is 28.7. The van der Waals surface area contributed by atoms with E-state index in [2.05, 4.69) is 15.5 Å². The van der Waals surface area contributed by atoms with Crippen molar-refractivity contribution in [2.75, 3.05) is 48.4 Å². The van der Waals surface area contributed by atoms with Gasteiger partial charge in [0, 0.05) is 73.2 Å². The standard InChI is InChI=1S/C40H51N7O14S6/c1-39(2)30-26-28(66(57,58)45(5)21-11-16-36(48)42-37-43-44-38(62-37)65(41,55)56)17-19-32(30)46(22-12-24-63(49,50)51)34(39)14-9-7-6-8-10-15-35-40(3,4)31-27-29(67(59,60)61)18-20-33(31)47(35)23-13-25-64(52,53)54/h6-10,14-15,17-20,26-27H,11-13,16,21-25H2,1-5H3,(H5-,41,42,43,48,49,50,51,52,53,54,55,56,59,60,61). The first kappa shape index (κ1) is 53.4. The normalized spacial score (nSPS) is 17.2. The van der Waals surface area contributed by atoms with Gasteiger partial charge in [0.15, 0.2) is 5.71 Å². The molecule has 67 heavy (non-hydrogen) atoms. The van der Waals surface area contributed by atoms with Gasteiger partial charge in [-0.1, -0.05) is 55.6 Å². The topological polar surface area (TPSA) is 325 Å². The molecule has 0 aliphatic carbocycles. The molecule has 0 bridgehead atoms. The highest BCUT2D eigenvalue weighted by atomic mass is 32.2. The predicted octanol–water partition coefficient (Wildman–Crippen LogP) is 3.41. The average Bonchev–Trinajstić information content (AvgIpc) is 3.82. The minimum Gasteiger partial charge on any atom is -0.748 e. The third kappa shape index (κ3) is 13.2. The zero-order chi connectivity index (χ0) is 50.0. The van der Waals surface area contributed by atoms with Crippen LogP contribution < -0.4 is 15.4 Å². The van der Waals surface area contributed by atoms with Gasteiger partial charge in [0.05, 0.1) is 31.1 Å². The lowest BCUT2D eigenvalue weighted by Gasteiger charge is -2.27. The second kappa shape index (κ2) is 20.2. The number of sulfonamides is 2. The zero-order valence-electron chi connectivity index (χ0n) is 36.9. The number of carbonyl (C=O) groups is 1. The minimum atomic E-state index is -4.53. The van der Waals surface area contributed by atoms with Gasteiger partial charge < -0.3 is 14.8 Å². The van der Waals surface area contributed by atoms with Crippen LogP contribution in [-0.2, 0) is 66.0 Å². The molecule has 27 heteroatoms. The van der Waals surface area contributed by atoms with Crippen LogP contribution in [0.25, 0.3) is 0 Å². The van der Waals surface area contributed by atoms with Gasteiger partial charge in [-0.3, -0.25) is 13.9 Å². The summed E-state index contributed by atoms with van der Waals surface area (Å²) in [5, 5.41) is 14.3. The summed E-state index contributed by atoms with van der Waals surface area (Å²) in [7, 11) is -20.1. The average molecular weight is 1050 g/mol. The molecule has 366 valence electrons. The summed E-state index contributed by atoms with van der Waals surface area (Å²) in [6.45, 7) is 7.67. The number of benzene rings is 2. The lowest BCUT2D eigenvalue weighted by Crippen LogP contribution is -2.30. The van der Waals surface area contributed by atoms with E-state index in [4.69, 9.17) is 5.14 Å². The fourth-order valence-corrected chi connectivity index (χ4v) is 11.8. The van der Waals surface area contributed by atoms with Gasteiger partial charge >= 0.3 is 0 Å². The Kier molecular flexibility index (Phi) is 16.1. The number of anilines is 2. The second-order valence-corrected chi connectivity index (χ2v) is 25.9. The smallest absolute Gasteiger partial charge is 0.294 e. The Balaban J connectivity index is 1.34. The Morgan fingerprint density at radius 1 is 0.851 bits per heavy atom. The molecule has 5 rings (SSSR count). The Morgan fingerprint density at radius 2 is 1.49 bits per heavy atom. The van der Waals surface area contributed by atoms with Crippen molar-refractivity contribution in [3.05, 3.63) is 95.8 Å². The van der Waals surface area contributed by atoms with Gasteiger partial charge in [-0.05, 0) is 68.7 Å². The number of aromatic nitrogens is 2. The Hall–Kier alpha value is -4.55. The van der Waals surface area contributed by atoms with E-state index < -0.39 is 83.0 Å². The first-order chi connectivity index (χ1) is 30.8. The predicted molar refractivity (Wildman–Crippen MR) is 251 cm³/mol. The van der Waals surface area contributed by atoms with Gasteiger partial charge in [-0.2, -0.15) is 21.4 Å². The van der Waals surface area contributed by atoms with Crippen molar-refractivity contribution < 1.29 is 65.1 Å². The van der Waals surface area contributed by atoms with Crippen LogP contribution in [0, 0.1) is 0 Å². The maximum absolute atomic E-state index is 13.8. The molecule has 0 saturated heterocycles. The van der Waals surface area contributed by atoms with Crippen molar-refractivity contribution in [2.24, 2.45) is 5.14 Å². The van der Waals surface area contributed by atoms with Gasteiger partial charge in [-0.25, -0.2) is 34.7 Å². The number of nitrogens with zero attached hydrogens (tertiary/aromatic N) is 5. The van der Waals surface area contributed by atoms with Gasteiger partial charge in [0.1, 0.15) is 6.54 Å². The van der Waals surface area contributed by atoms with Crippen LogP contribution in [0.15, 0.2) is 98.8 Å². The van der Waals surface area contributed by atoms with E-state index in [1.54, 1.807) is 48.6 Å². The van der Waals surface area contributed by atoms with Crippen molar-refractivity contribution in [2.45, 2.75) is 78.3 Å². The van der Waals surface area contributed by atoms with Gasteiger partial charge in [0.25, 0.3) is 30.3 Å². The summed E-state index contributed by atoms with van der Waals surface area (Å²) in [5.74, 6) is -1.67. The molecule has 0 atom stereocenters. The number of allylic oxidation sites excluding steroid dienone is 8. The number of fused-ring (bicyclic) bond motifs is 2. The van der Waals surface area contributed by atoms with Crippen molar-refractivity contribution in [3.63, 3.8) is 0 Å². The Bertz CT molecular complexity index is 3160. The van der Waals surface area contributed by atoms with E-state index in [1.165, 1.54) is 37.4 Å². The van der Waals surface area contributed by atoms with Crippen molar-refractivity contribution in [1.29, 1.82) is 0 Å². The molecule has 3 aromatic rings. The third-order valence-electron chi connectivity index (χ3n) is 11.0. The molecule has 0 fully saturated rings. The van der Waals surface area contributed by atoms with Crippen molar-refractivity contribution >= 4 is 89.9 Å². The molecule has 2 aromatic carbocycles. The number of hydrogen-bond donors (Lipinski definition) is 4. The van der Waals surface area contributed by atoms with Crippen LogP contribution in [0.4, 0.5) is 16.5 Å². The SMILES string of the molecule is CN(CCCC(=O)Nc1nnc(S(N)(=O)=O)s1)S(=O)(=O)c1ccc2c(c1)C(C)(C)C(/C=C/C=C/C=C/C=C1/N(CCCS(=O)(=O)O)c3ccc(S(=O)(=O)O)cc3C1(C)C)=[N+]2CCCS(=O)(=O)[O-]. The number of carbonyl (C=O) groups excluding carboxylic acids is 1. The van der Waals surface area contributed by atoms with E-state index in [0.29, 0.717) is 45.2 Å². The monoisotopic (exact) mass is 1050 g/mol. The van der Waals surface area contributed by atoms with E-state index in [9.17, 15) is 60.5 Å². The van der Waals surface area contributed by atoms with Crippen LogP contribution in [0.1, 0.15) is 64.5 Å². The van der Waals surface area contributed by atoms with Gasteiger partial charge in [0.2, 0.25) is 31.1 Å². The highest BCUT2D eigenvalue weighted by Crippen LogP contribution is 2.48. The fourth-order valence-electron chi connectivity index (χ4n) is 7.72. The second-order valence-electron chi connectivity index (χ2n) is 16.6. The number of primary sulfonamides is 1. The summed E-state index contributed by atoms with van der Waals surface area (Å²) < 4.78 is 153. The molecular weight excluding hydrogens is 995 g/mol. The van der Waals surface area contributed by atoms with Crippen LogP contribution in [0.3, 0.4) is 0 Å². The molecule has 21 nitrogen and oxygen atoms in total.